The van der Waals surface area contributed by atoms with Crippen LogP contribution in [0.25, 0.3) is 0 Å². The molecule has 1 saturated carbocycles. The molecule has 16 heavy (non-hydrogen) atoms. The highest BCUT2D eigenvalue weighted by atomic mass is 16.5. The molecule has 0 heterocycles. The van der Waals surface area contributed by atoms with E-state index in [4.69, 9.17) is 4.74 Å². The first kappa shape index (κ1) is 14.0. The lowest BCUT2D eigenvalue weighted by atomic mass is 9.90. The third kappa shape index (κ3) is 5.86. The second-order valence-corrected chi connectivity index (χ2v) is 7.10. The van der Waals surface area contributed by atoms with Gasteiger partial charge in [0.2, 0.25) is 0 Å². The Bertz CT molecular complexity index is 180. The van der Waals surface area contributed by atoms with E-state index < -0.39 is 0 Å². The van der Waals surface area contributed by atoms with E-state index in [1.165, 1.54) is 25.7 Å². The van der Waals surface area contributed by atoms with E-state index in [-0.39, 0.29) is 11.1 Å². The van der Waals surface area contributed by atoms with Gasteiger partial charge in [0.25, 0.3) is 0 Å². The van der Waals surface area contributed by atoms with Crippen LogP contribution < -0.4 is 5.32 Å². The fraction of sp³-hybridized carbons (Fsp3) is 1.00. The Hall–Kier alpha value is -0.0800. The molecule has 0 aromatic rings. The first-order chi connectivity index (χ1) is 7.16. The summed E-state index contributed by atoms with van der Waals surface area (Å²) in [6.07, 6.45) is 5.37. The number of nitrogens with one attached hydrogen (secondary N) is 1. The number of rotatable bonds is 2. The van der Waals surface area contributed by atoms with E-state index in [1.54, 1.807) is 0 Å². The van der Waals surface area contributed by atoms with Crippen LogP contribution in [0.2, 0.25) is 0 Å². The summed E-state index contributed by atoms with van der Waals surface area (Å²) in [5.41, 5.74) is 0.247. The van der Waals surface area contributed by atoms with E-state index >= 15 is 0 Å². The predicted octanol–water partition coefficient (Wildman–Crippen LogP) is 3.50. The van der Waals surface area contributed by atoms with Gasteiger partial charge in [-0.25, -0.2) is 0 Å². The number of hydrogen-bond donors (Lipinski definition) is 1. The van der Waals surface area contributed by atoms with Crippen molar-refractivity contribution in [1.29, 1.82) is 0 Å². The Balaban J connectivity index is 2.29. The molecule has 1 rings (SSSR count). The van der Waals surface area contributed by atoms with E-state index in [0.717, 1.165) is 0 Å². The quantitative estimate of drug-likeness (QED) is 0.779. The molecule has 0 aliphatic heterocycles. The van der Waals surface area contributed by atoms with Crippen molar-refractivity contribution in [2.75, 3.05) is 0 Å². The van der Waals surface area contributed by atoms with Crippen LogP contribution in [0.15, 0.2) is 0 Å². The largest absolute Gasteiger partial charge is 0.373 e. The molecular formula is C14H29NO. The fourth-order valence-corrected chi connectivity index (χ4v) is 2.44. The summed E-state index contributed by atoms with van der Waals surface area (Å²) in [7, 11) is 0. The van der Waals surface area contributed by atoms with Crippen molar-refractivity contribution in [3.05, 3.63) is 0 Å². The summed E-state index contributed by atoms with van der Waals surface area (Å²) < 4.78 is 6.03. The van der Waals surface area contributed by atoms with Crippen LogP contribution in [0.1, 0.15) is 67.2 Å². The minimum Gasteiger partial charge on any atom is -0.373 e. The van der Waals surface area contributed by atoms with E-state index in [1.807, 2.05) is 0 Å². The summed E-state index contributed by atoms with van der Waals surface area (Å²) >= 11 is 0. The molecular weight excluding hydrogens is 198 g/mol. The van der Waals surface area contributed by atoms with Crippen molar-refractivity contribution in [3.63, 3.8) is 0 Å². The highest BCUT2D eigenvalue weighted by molar-refractivity contribution is 4.83. The lowest BCUT2D eigenvalue weighted by Crippen LogP contribution is -2.46. The van der Waals surface area contributed by atoms with Crippen molar-refractivity contribution in [1.82, 2.24) is 5.32 Å². The monoisotopic (exact) mass is 227 g/mol. The van der Waals surface area contributed by atoms with Crippen molar-refractivity contribution >= 4 is 0 Å². The average Bonchev–Trinajstić information content (AvgIpc) is 2.03. The van der Waals surface area contributed by atoms with Gasteiger partial charge in [0.05, 0.1) is 11.7 Å². The highest BCUT2D eigenvalue weighted by Gasteiger charge is 2.27. The second-order valence-electron chi connectivity index (χ2n) is 7.10. The van der Waals surface area contributed by atoms with E-state index in [9.17, 15) is 0 Å². The Morgan fingerprint density at radius 1 is 0.875 bits per heavy atom. The van der Waals surface area contributed by atoms with Crippen molar-refractivity contribution < 1.29 is 4.74 Å². The van der Waals surface area contributed by atoms with Crippen LogP contribution in [0.3, 0.4) is 0 Å². The van der Waals surface area contributed by atoms with Crippen molar-refractivity contribution in [2.45, 2.75) is 90.5 Å². The van der Waals surface area contributed by atoms with Crippen molar-refractivity contribution in [2.24, 2.45) is 0 Å². The highest BCUT2D eigenvalue weighted by Crippen LogP contribution is 2.26. The van der Waals surface area contributed by atoms with Gasteiger partial charge in [-0.15, -0.1) is 0 Å². The van der Waals surface area contributed by atoms with Gasteiger partial charge in [0.1, 0.15) is 0 Å². The average molecular weight is 227 g/mol. The molecule has 0 saturated heterocycles. The third-order valence-electron chi connectivity index (χ3n) is 2.83. The van der Waals surface area contributed by atoms with Crippen LogP contribution in [0, 0.1) is 0 Å². The normalized spacial score (nSPS) is 28.1. The second kappa shape index (κ2) is 5.05. The zero-order valence-corrected chi connectivity index (χ0v) is 11.9. The van der Waals surface area contributed by atoms with Gasteiger partial charge < -0.3 is 10.1 Å². The smallest absolute Gasteiger partial charge is 0.0602 e. The van der Waals surface area contributed by atoms with E-state index in [2.05, 4.69) is 46.9 Å². The molecule has 0 bridgehead atoms. The summed E-state index contributed by atoms with van der Waals surface area (Å²) in [6, 6.07) is 0.680. The standard InChI is InChI=1S/C14H29NO/c1-13(2,3)15-11-7-9-12(10-8-11)16-14(4,5)6/h11-12,15H,7-10H2,1-6H3/t11-,12-. The Morgan fingerprint density at radius 3 is 1.75 bits per heavy atom. The lowest BCUT2D eigenvalue weighted by molar-refractivity contribution is -0.0766. The van der Waals surface area contributed by atoms with Gasteiger partial charge in [-0.2, -0.15) is 0 Å². The SMILES string of the molecule is CC(C)(C)N[C@H]1CC[C@H](OC(C)(C)C)CC1. The molecule has 0 atom stereocenters. The zero-order valence-electron chi connectivity index (χ0n) is 11.9. The molecule has 0 aromatic carbocycles. The number of ether oxygens (including phenoxy) is 1. The molecule has 2 heteroatoms. The van der Waals surface area contributed by atoms with E-state index in [0.29, 0.717) is 12.1 Å². The zero-order chi connectivity index (χ0) is 12.4. The van der Waals surface area contributed by atoms with Gasteiger partial charge in [0.15, 0.2) is 0 Å². The topological polar surface area (TPSA) is 21.3 Å². The van der Waals surface area contributed by atoms with Gasteiger partial charge in [-0.05, 0) is 67.2 Å². The van der Waals surface area contributed by atoms with Crippen LogP contribution in [-0.2, 0) is 4.74 Å². The summed E-state index contributed by atoms with van der Waals surface area (Å²) in [5, 5.41) is 3.69. The first-order valence-electron chi connectivity index (χ1n) is 6.61. The van der Waals surface area contributed by atoms with Crippen LogP contribution in [-0.4, -0.2) is 23.3 Å². The molecule has 1 N–H and O–H groups in total. The molecule has 0 unspecified atom stereocenters. The molecule has 0 amide bonds. The third-order valence-corrected chi connectivity index (χ3v) is 2.83. The van der Waals surface area contributed by atoms with Crippen molar-refractivity contribution in [3.8, 4) is 0 Å². The predicted molar refractivity (Wildman–Crippen MR) is 69.8 cm³/mol. The summed E-state index contributed by atoms with van der Waals surface area (Å²) in [5.74, 6) is 0. The summed E-state index contributed by atoms with van der Waals surface area (Å²) in [4.78, 5) is 0. The molecule has 0 aromatic heterocycles. The maximum absolute atomic E-state index is 6.03. The molecule has 0 spiro atoms. The maximum atomic E-state index is 6.03. The maximum Gasteiger partial charge on any atom is 0.0602 e. The van der Waals surface area contributed by atoms with Crippen LogP contribution in [0.5, 0.6) is 0 Å². The molecule has 1 fully saturated rings. The molecule has 1 aliphatic rings. The molecule has 1 aliphatic carbocycles. The van der Waals surface area contributed by atoms with Gasteiger partial charge in [0, 0.05) is 11.6 Å². The number of hydrogen-bond acceptors (Lipinski definition) is 2. The van der Waals surface area contributed by atoms with Crippen LogP contribution >= 0.6 is 0 Å². The van der Waals surface area contributed by atoms with Gasteiger partial charge in [-0.3, -0.25) is 0 Å². The Labute approximate surface area is 101 Å². The lowest BCUT2D eigenvalue weighted by Gasteiger charge is -2.36. The molecule has 96 valence electrons. The molecule has 2 nitrogen and oxygen atoms in total. The van der Waals surface area contributed by atoms with Gasteiger partial charge >= 0.3 is 0 Å². The van der Waals surface area contributed by atoms with Gasteiger partial charge in [-0.1, -0.05) is 0 Å². The first-order valence-corrected chi connectivity index (χ1v) is 6.61. The Kier molecular flexibility index (Phi) is 4.42. The summed E-state index contributed by atoms with van der Waals surface area (Å²) in [6.45, 7) is 13.2. The van der Waals surface area contributed by atoms with Crippen LogP contribution in [0.4, 0.5) is 0 Å². The Morgan fingerprint density at radius 2 is 1.38 bits per heavy atom. The molecule has 0 radical (unpaired) electrons. The minimum atomic E-state index is 0.00889. The minimum absolute atomic E-state index is 0.00889. The fourth-order valence-electron chi connectivity index (χ4n) is 2.44.